The van der Waals surface area contributed by atoms with Crippen LogP contribution in [0, 0.1) is 0 Å². The van der Waals surface area contributed by atoms with E-state index in [0.717, 1.165) is 29.4 Å². The molecule has 1 aromatic carbocycles. The van der Waals surface area contributed by atoms with Gasteiger partial charge >= 0.3 is 0 Å². The van der Waals surface area contributed by atoms with Gasteiger partial charge in [-0.25, -0.2) is 4.98 Å². The molecule has 2 unspecified atom stereocenters. The summed E-state index contributed by atoms with van der Waals surface area (Å²) in [6.45, 7) is 0. The van der Waals surface area contributed by atoms with Gasteiger partial charge in [-0.2, -0.15) is 0 Å². The lowest BCUT2D eigenvalue weighted by atomic mass is 9.91. The van der Waals surface area contributed by atoms with Crippen LogP contribution in [-0.4, -0.2) is 23.0 Å². The lowest BCUT2D eigenvalue weighted by molar-refractivity contribution is 0.100. The monoisotopic (exact) mass is 403 g/mol. The van der Waals surface area contributed by atoms with Crippen molar-refractivity contribution >= 4 is 39.2 Å². The van der Waals surface area contributed by atoms with Crippen molar-refractivity contribution in [3.05, 3.63) is 46.4 Å². The molecule has 1 heterocycles. The molecule has 132 valence electrons. The maximum Gasteiger partial charge on any atom is 0.252 e. The number of primary amides is 1. The Kier molecular flexibility index (Phi) is 5.55. The van der Waals surface area contributed by atoms with E-state index in [2.05, 4.69) is 31.5 Å². The summed E-state index contributed by atoms with van der Waals surface area (Å²) in [5.74, 6) is 0.601. The summed E-state index contributed by atoms with van der Waals surface area (Å²) < 4.78 is 0.975. The highest BCUT2D eigenvalue weighted by Crippen LogP contribution is 2.25. The Morgan fingerprint density at radius 3 is 2.52 bits per heavy atom. The Labute approximate surface area is 155 Å². The smallest absolute Gasteiger partial charge is 0.252 e. The highest BCUT2D eigenvalue weighted by Gasteiger charge is 2.22. The van der Waals surface area contributed by atoms with Crippen LogP contribution >= 0.6 is 15.9 Å². The first-order valence-corrected chi connectivity index (χ1v) is 9.18. The topological polar surface area (TPSA) is 106 Å². The molecule has 1 aromatic heterocycles. The number of nitrogens with two attached hydrogens (primary N) is 2. The molecular weight excluding hydrogens is 382 g/mol. The molecule has 1 aliphatic rings. The van der Waals surface area contributed by atoms with Crippen LogP contribution in [0.15, 0.2) is 40.9 Å². The second-order valence-corrected chi connectivity index (χ2v) is 7.20. The Bertz CT molecular complexity index is 750. The average Bonchev–Trinajstić information content (AvgIpc) is 2.59. The zero-order valence-electron chi connectivity index (χ0n) is 13.8. The van der Waals surface area contributed by atoms with Crippen molar-refractivity contribution in [1.29, 1.82) is 0 Å². The lowest BCUT2D eigenvalue weighted by Crippen LogP contribution is -2.42. The minimum Gasteiger partial charge on any atom is -0.366 e. The molecular formula is C18H22BrN5O. The van der Waals surface area contributed by atoms with E-state index in [1.54, 1.807) is 12.1 Å². The molecule has 7 heteroatoms. The fourth-order valence-electron chi connectivity index (χ4n) is 3.03. The largest absolute Gasteiger partial charge is 0.366 e. The van der Waals surface area contributed by atoms with Crippen LogP contribution in [-0.2, 0) is 0 Å². The first kappa shape index (κ1) is 17.7. The van der Waals surface area contributed by atoms with E-state index in [4.69, 9.17) is 11.5 Å². The van der Waals surface area contributed by atoms with Crippen LogP contribution in [0.1, 0.15) is 36.0 Å². The van der Waals surface area contributed by atoms with Crippen LogP contribution in [0.2, 0.25) is 0 Å². The molecule has 6 N–H and O–H groups in total. The number of anilines is 3. The highest BCUT2D eigenvalue weighted by atomic mass is 79.9. The predicted octanol–water partition coefficient (Wildman–Crippen LogP) is 3.37. The van der Waals surface area contributed by atoms with E-state index in [1.165, 1.54) is 6.42 Å². The van der Waals surface area contributed by atoms with Crippen molar-refractivity contribution in [2.24, 2.45) is 11.5 Å². The number of hydrogen-bond acceptors (Lipinski definition) is 5. The number of carbonyl (C=O) groups excluding carboxylic acids is 1. The number of nitrogens with one attached hydrogen (secondary N) is 2. The fraction of sp³-hybridized carbons (Fsp3) is 0.333. The van der Waals surface area contributed by atoms with Gasteiger partial charge in [-0.1, -0.05) is 28.8 Å². The summed E-state index contributed by atoms with van der Waals surface area (Å²) >= 11 is 3.40. The zero-order chi connectivity index (χ0) is 17.8. The van der Waals surface area contributed by atoms with E-state index >= 15 is 0 Å². The first-order chi connectivity index (χ1) is 12.0. The van der Waals surface area contributed by atoms with Crippen molar-refractivity contribution in [3.63, 3.8) is 0 Å². The third-order valence-electron chi connectivity index (χ3n) is 4.42. The van der Waals surface area contributed by atoms with Crippen LogP contribution in [0.4, 0.5) is 17.3 Å². The third-order valence-corrected chi connectivity index (χ3v) is 4.95. The zero-order valence-corrected chi connectivity index (χ0v) is 15.4. The second kappa shape index (κ2) is 7.84. The molecule has 1 saturated carbocycles. The molecule has 3 rings (SSSR count). The molecule has 1 fully saturated rings. The fourth-order valence-corrected chi connectivity index (χ4v) is 3.30. The quantitative estimate of drug-likeness (QED) is 0.612. The number of benzene rings is 1. The van der Waals surface area contributed by atoms with Gasteiger partial charge < -0.3 is 22.1 Å². The Hall–Kier alpha value is -2.12. The van der Waals surface area contributed by atoms with Gasteiger partial charge in [0.25, 0.3) is 5.91 Å². The van der Waals surface area contributed by atoms with Crippen LogP contribution in [0.5, 0.6) is 0 Å². The molecule has 25 heavy (non-hydrogen) atoms. The first-order valence-electron chi connectivity index (χ1n) is 8.38. The Balaban J connectivity index is 1.83. The summed E-state index contributed by atoms with van der Waals surface area (Å²) in [4.78, 5) is 16.3. The minimum atomic E-state index is -0.520. The van der Waals surface area contributed by atoms with Gasteiger partial charge in [0.1, 0.15) is 11.6 Å². The molecule has 0 spiro atoms. The van der Waals surface area contributed by atoms with E-state index in [-0.39, 0.29) is 12.1 Å². The summed E-state index contributed by atoms with van der Waals surface area (Å²) in [5, 5.41) is 6.56. The number of pyridine rings is 1. The number of halogens is 1. The van der Waals surface area contributed by atoms with Gasteiger partial charge in [-0.05, 0) is 49.2 Å². The SMILES string of the molecule is NC(=O)c1ccc(NC2CCCCC2N)nc1Nc1ccc(Br)cc1. The van der Waals surface area contributed by atoms with Crippen molar-refractivity contribution in [2.75, 3.05) is 10.6 Å². The molecule has 0 saturated heterocycles. The lowest BCUT2D eigenvalue weighted by Gasteiger charge is -2.29. The average molecular weight is 404 g/mol. The van der Waals surface area contributed by atoms with Crippen molar-refractivity contribution < 1.29 is 4.79 Å². The summed E-state index contributed by atoms with van der Waals surface area (Å²) in [6, 6.07) is 11.4. The van der Waals surface area contributed by atoms with Gasteiger partial charge in [0.2, 0.25) is 0 Å². The Morgan fingerprint density at radius 2 is 1.84 bits per heavy atom. The van der Waals surface area contributed by atoms with Crippen LogP contribution < -0.4 is 22.1 Å². The number of rotatable bonds is 5. The van der Waals surface area contributed by atoms with Gasteiger partial charge in [0, 0.05) is 22.2 Å². The molecule has 1 amide bonds. The molecule has 0 radical (unpaired) electrons. The summed E-state index contributed by atoms with van der Waals surface area (Å²) in [6.07, 6.45) is 4.37. The van der Waals surface area contributed by atoms with Gasteiger partial charge in [-0.15, -0.1) is 0 Å². The summed E-state index contributed by atoms with van der Waals surface area (Å²) in [7, 11) is 0. The molecule has 0 bridgehead atoms. The van der Waals surface area contributed by atoms with E-state index < -0.39 is 5.91 Å². The second-order valence-electron chi connectivity index (χ2n) is 6.29. The van der Waals surface area contributed by atoms with E-state index in [1.807, 2.05) is 24.3 Å². The maximum absolute atomic E-state index is 11.7. The number of aromatic nitrogens is 1. The molecule has 2 atom stereocenters. The van der Waals surface area contributed by atoms with Gasteiger partial charge in [0.15, 0.2) is 0 Å². The van der Waals surface area contributed by atoms with Gasteiger partial charge in [-0.3, -0.25) is 4.79 Å². The number of hydrogen-bond donors (Lipinski definition) is 4. The number of nitrogens with zero attached hydrogens (tertiary/aromatic N) is 1. The summed E-state index contributed by atoms with van der Waals surface area (Å²) in [5.41, 5.74) is 12.9. The number of carbonyl (C=O) groups is 1. The molecule has 0 aliphatic heterocycles. The maximum atomic E-state index is 11.7. The van der Waals surface area contributed by atoms with Gasteiger partial charge in [0.05, 0.1) is 5.56 Å². The van der Waals surface area contributed by atoms with E-state index in [9.17, 15) is 4.79 Å². The van der Waals surface area contributed by atoms with Crippen LogP contribution in [0.3, 0.4) is 0 Å². The predicted molar refractivity (Wildman–Crippen MR) is 104 cm³/mol. The van der Waals surface area contributed by atoms with Crippen molar-refractivity contribution in [1.82, 2.24) is 4.98 Å². The molecule has 2 aromatic rings. The molecule has 1 aliphatic carbocycles. The van der Waals surface area contributed by atoms with Crippen molar-refractivity contribution in [3.8, 4) is 0 Å². The highest BCUT2D eigenvalue weighted by molar-refractivity contribution is 9.10. The standard InChI is InChI=1S/C18H22BrN5O/c19-11-5-7-12(8-6-11)22-18-13(17(21)25)9-10-16(24-18)23-15-4-2-1-3-14(15)20/h5-10,14-15H,1-4,20H2,(H2,21,25)(H2,22,23,24). The van der Waals surface area contributed by atoms with E-state index in [0.29, 0.717) is 17.2 Å². The third kappa shape index (κ3) is 4.49. The number of amides is 1. The molecule has 6 nitrogen and oxygen atoms in total. The Morgan fingerprint density at radius 1 is 1.12 bits per heavy atom. The van der Waals surface area contributed by atoms with Crippen molar-refractivity contribution in [2.45, 2.75) is 37.8 Å². The normalized spacial score (nSPS) is 20.1. The minimum absolute atomic E-state index is 0.120. The van der Waals surface area contributed by atoms with Crippen LogP contribution in [0.25, 0.3) is 0 Å².